The monoisotopic (exact) mass is 310 g/mol. The van der Waals surface area contributed by atoms with Crippen molar-refractivity contribution in [3.8, 4) is 0 Å². The van der Waals surface area contributed by atoms with E-state index in [1.807, 2.05) is 6.92 Å². The molecule has 0 radical (unpaired) electrons. The lowest BCUT2D eigenvalue weighted by atomic mass is 10.1. The molecule has 3 aromatic rings. The Morgan fingerprint density at radius 2 is 2.00 bits per heavy atom. The van der Waals surface area contributed by atoms with Gasteiger partial charge < -0.3 is 10.3 Å². The summed E-state index contributed by atoms with van der Waals surface area (Å²) in [5.74, 6) is -0.654. The SMILES string of the molecule is Cc1ccc2[nH]c(C)c(CCNC(=O)c3cccc(F)c3)c2c1. The molecule has 0 spiro atoms. The van der Waals surface area contributed by atoms with Crippen LogP contribution in [0.25, 0.3) is 10.9 Å². The Bertz CT molecular complexity index is 867. The van der Waals surface area contributed by atoms with Crippen molar-refractivity contribution in [1.29, 1.82) is 0 Å². The Morgan fingerprint density at radius 1 is 1.17 bits per heavy atom. The van der Waals surface area contributed by atoms with Gasteiger partial charge in [0.2, 0.25) is 0 Å². The summed E-state index contributed by atoms with van der Waals surface area (Å²) in [5, 5.41) is 4.05. The van der Waals surface area contributed by atoms with E-state index in [1.54, 1.807) is 6.07 Å². The second-order valence-electron chi connectivity index (χ2n) is 5.79. The number of amides is 1. The fraction of sp³-hybridized carbons (Fsp3) is 0.211. The lowest BCUT2D eigenvalue weighted by molar-refractivity contribution is 0.0953. The van der Waals surface area contributed by atoms with Gasteiger partial charge >= 0.3 is 0 Å². The third-order valence-corrected chi connectivity index (χ3v) is 4.02. The van der Waals surface area contributed by atoms with Crippen LogP contribution in [-0.4, -0.2) is 17.4 Å². The summed E-state index contributed by atoms with van der Waals surface area (Å²) in [6.07, 6.45) is 0.732. The number of nitrogens with one attached hydrogen (secondary N) is 2. The maximum absolute atomic E-state index is 13.2. The Balaban J connectivity index is 1.70. The first kappa shape index (κ1) is 15.3. The Labute approximate surface area is 134 Å². The molecule has 0 saturated carbocycles. The number of carbonyl (C=O) groups excluding carboxylic acids is 1. The van der Waals surface area contributed by atoms with Gasteiger partial charge in [0.05, 0.1) is 0 Å². The second-order valence-corrected chi connectivity index (χ2v) is 5.79. The Hall–Kier alpha value is -2.62. The van der Waals surface area contributed by atoms with Gasteiger partial charge in [-0.1, -0.05) is 17.7 Å². The van der Waals surface area contributed by atoms with Crippen molar-refractivity contribution in [3.63, 3.8) is 0 Å². The van der Waals surface area contributed by atoms with Crippen LogP contribution in [0.3, 0.4) is 0 Å². The Morgan fingerprint density at radius 3 is 2.78 bits per heavy atom. The third kappa shape index (κ3) is 3.26. The number of halogens is 1. The van der Waals surface area contributed by atoms with Crippen molar-refractivity contribution < 1.29 is 9.18 Å². The normalized spacial score (nSPS) is 10.9. The predicted octanol–water partition coefficient (Wildman–Crippen LogP) is 3.90. The summed E-state index contributed by atoms with van der Waals surface area (Å²) in [6, 6.07) is 12.0. The van der Waals surface area contributed by atoms with E-state index in [2.05, 4.69) is 35.4 Å². The molecular weight excluding hydrogens is 291 g/mol. The number of carbonyl (C=O) groups is 1. The molecular formula is C19H19FN2O. The number of hydrogen-bond acceptors (Lipinski definition) is 1. The molecule has 118 valence electrons. The Kier molecular flexibility index (Phi) is 4.15. The summed E-state index contributed by atoms with van der Waals surface area (Å²) < 4.78 is 13.2. The zero-order valence-corrected chi connectivity index (χ0v) is 13.2. The molecule has 0 aliphatic carbocycles. The maximum atomic E-state index is 13.2. The number of aromatic amines is 1. The van der Waals surface area contributed by atoms with E-state index < -0.39 is 5.82 Å². The molecule has 0 fully saturated rings. The number of aromatic nitrogens is 1. The van der Waals surface area contributed by atoms with Gasteiger partial charge in [-0.15, -0.1) is 0 Å². The van der Waals surface area contributed by atoms with Crippen molar-refractivity contribution >= 4 is 16.8 Å². The quantitative estimate of drug-likeness (QED) is 0.754. The molecule has 1 aromatic heterocycles. The van der Waals surface area contributed by atoms with Crippen LogP contribution in [-0.2, 0) is 6.42 Å². The first-order chi connectivity index (χ1) is 11.0. The van der Waals surface area contributed by atoms with Crippen LogP contribution < -0.4 is 5.32 Å². The van der Waals surface area contributed by atoms with Crippen LogP contribution in [0.1, 0.15) is 27.2 Å². The van der Waals surface area contributed by atoms with Gasteiger partial charge in [0.15, 0.2) is 0 Å². The number of aryl methyl sites for hydroxylation is 2. The highest BCUT2D eigenvalue weighted by Gasteiger charge is 2.10. The molecule has 0 unspecified atom stereocenters. The first-order valence-electron chi connectivity index (χ1n) is 7.66. The van der Waals surface area contributed by atoms with Crippen molar-refractivity contribution in [2.24, 2.45) is 0 Å². The van der Waals surface area contributed by atoms with Gasteiger partial charge in [0, 0.05) is 28.7 Å². The van der Waals surface area contributed by atoms with E-state index in [9.17, 15) is 9.18 Å². The molecule has 0 atom stereocenters. The molecule has 1 amide bonds. The summed E-state index contributed by atoms with van der Waals surface area (Å²) in [7, 11) is 0. The van der Waals surface area contributed by atoms with Crippen molar-refractivity contribution in [1.82, 2.24) is 10.3 Å². The summed E-state index contributed by atoms with van der Waals surface area (Å²) in [6.45, 7) is 4.62. The van der Waals surface area contributed by atoms with Crippen LogP contribution in [0.4, 0.5) is 4.39 Å². The molecule has 0 aliphatic heterocycles. The lowest BCUT2D eigenvalue weighted by Gasteiger charge is -2.06. The van der Waals surface area contributed by atoms with Crippen molar-refractivity contribution in [3.05, 3.63) is 70.7 Å². The van der Waals surface area contributed by atoms with E-state index in [0.29, 0.717) is 12.1 Å². The van der Waals surface area contributed by atoms with Gasteiger partial charge in [-0.25, -0.2) is 4.39 Å². The minimum absolute atomic E-state index is 0.252. The molecule has 0 bridgehead atoms. The summed E-state index contributed by atoms with van der Waals surface area (Å²) in [4.78, 5) is 15.4. The van der Waals surface area contributed by atoms with Gasteiger partial charge in [-0.3, -0.25) is 4.79 Å². The first-order valence-corrected chi connectivity index (χ1v) is 7.66. The van der Waals surface area contributed by atoms with Crippen LogP contribution in [0, 0.1) is 19.7 Å². The summed E-state index contributed by atoms with van der Waals surface area (Å²) >= 11 is 0. The molecule has 23 heavy (non-hydrogen) atoms. The zero-order valence-electron chi connectivity index (χ0n) is 13.2. The van der Waals surface area contributed by atoms with Crippen LogP contribution in [0.15, 0.2) is 42.5 Å². The van der Waals surface area contributed by atoms with Gasteiger partial charge in [0.1, 0.15) is 5.82 Å². The van der Waals surface area contributed by atoms with E-state index in [4.69, 9.17) is 0 Å². The van der Waals surface area contributed by atoms with Crippen LogP contribution in [0.5, 0.6) is 0 Å². The van der Waals surface area contributed by atoms with Crippen molar-refractivity contribution in [2.75, 3.05) is 6.54 Å². The standard InChI is InChI=1S/C19H19FN2O/c1-12-6-7-18-17(10-12)16(13(2)22-18)8-9-21-19(23)14-4-3-5-15(20)11-14/h3-7,10-11,22H,8-9H2,1-2H3,(H,21,23). The second kappa shape index (κ2) is 6.24. The lowest BCUT2D eigenvalue weighted by Crippen LogP contribution is -2.25. The minimum Gasteiger partial charge on any atom is -0.358 e. The number of hydrogen-bond donors (Lipinski definition) is 2. The molecule has 3 rings (SSSR count). The van der Waals surface area contributed by atoms with E-state index in [0.717, 1.165) is 17.6 Å². The highest BCUT2D eigenvalue weighted by molar-refractivity contribution is 5.94. The van der Waals surface area contributed by atoms with E-state index in [-0.39, 0.29) is 5.91 Å². The average molecular weight is 310 g/mol. The topological polar surface area (TPSA) is 44.9 Å². The summed E-state index contributed by atoms with van der Waals surface area (Å²) in [5.41, 5.74) is 4.99. The number of fused-ring (bicyclic) bond motifs is 1. The van der Waals surface area contributed by atoms with E-state index >= 15 is 0 Å². The fourth-order valence-electron chi connectivity index (χ4n) is 2.85. The van der Waals surface area contributed by atoms with E-state index in [1.165, 1.54) is 34.7 Å². The van der Waals surface area contributed by atoms with Crippen molar-refractivity contribution in [2.45, 2.75) is 20.3 Å². The molecule has 4 heteroatoms. The predicted molar refractivity (Wildman–Crippen MR) is 90.2 cm³/mol. The molecule has 2 N–H and O–H groups in total. The maximum Gasteiger partial charge on any atom is 0.251 e. The van der Waals surface area contributed by atoms with Gasteiger partial charge in [-0.05, 0) is 56.2 Å². The van der Waals surface area contributed by atoms with Gasteiger partial charge in [-0.2, -0.15) is 0 Å². The smallest absolute Gasteiger partial charge is 0.251 e. The zero-order chi connectivity index (χ0) is 16.4. The molecule has 0 saturated heterocycles. The van der Waals surface area contributed by atoms with Gasteiger partial charge in [0.25, 0.3) is 5.91 Å². The molecule has 1 heterocycles. The number of rotatable bonds is 4. The molecule has 2 aromatic carbocycles. The van der Waals surface area contributed by atoms with Crippen LogP contribution in [0.2, 0.25) is 0 Å². The average Bonchev–Trinajstić information content (AvgIpc) is 2.83. The largest absolute Gasteiger partial charge is 0.358 e. The molecule has 0 aliphatic rings. The number of H-pyrrole nitrogens is 1. The minimum atomic E-state index is -0.402. The van der Waals surface area contributed by atoms with Crippen LogP contribution >= 0.6 is 0 Å². The highest BCUT2D eigenvalue weighted by atomic mass is 19.1. The number of benzene rings is 2. The third-order valence-electron chi connectivity index (χ3n) is 4.02. The fourth-order valence-corrected chi connectivity index (χ4v) is 2.85. The molecule has 3 nitrogen and oxygen atoms in total. The highest BCUT2D eigenvalue weighted by Crippen LogP contribution is 2.23.